The average molecular weight is 233 g/mol. The van der Waals surface area contributed by atoms with Gasteiger partial charge in [0.15, 0.2) is 0 Å². The molecule has 3 heteroatoms. The first kappa shape index (κ1) is 11.3. The molecule has 2 heterocycles. The van der Waals surface area contributed by atoms with Crippen LogP contribution in [0, 0.1) is 0 Å². The first-order chi connectivity index (χ1) is 8.34. The number of hydrogen-bond acceptors (Lipinski definition) is 2. The highest BCUT2D eigenvalue weighted by Gasteiger charge is 2.25. The van der Waals surface area contributed by atoms with E-state index in [0.717, 1.165) is 0 Å². The van der Waals surface area contributed by atoms with Crippen molar-refractivity contribution >= 4 is 0 Å². The van der Waals surface area contributed by atoms with Crippen LogP contribution in [0.1, 0.15) is 69.6 Å². The van der Waals surface area contributed by atoms with Gasteiger partial charge in [-0.25, -0.2) is 4.98 Å². The fourth-order valence-electron chi connectivity index (χ4n) is 3.44. The molecule has 0 radical (unpaired) electrons. The molecule has 1 aliphatic carbocycles. The van der Waals surface area contributed by atoms with Gasteiger partial charge in [-0.3, -0.25) is 0 Å². The minimum Gasteiger partial charge on any atom is -0.330 e. The molecule has 0 aromatic carbocycles. The van der Waals surface area contributed by atoms with Crippen molar-refractivity contribution in [3.05, 3.63) is 18.2 Å². The summed E-state index contributed by atoms with van der Waals surface area (Å²) < 4.78 is 2.45. The van der Waals surface area contributed by atoms with Crippen molar-refractivity contribution in [2.75, 3.05) is 0 Å². The van der Waals surface area contributed by atoms with Gasteiger partial charge < -0.3 is 9.88 Å². The fourth-order valence-corrected chi connectivity index (χ4v) is 3.44. The second-order valence-corrected chi connectivity index (χ2v) is 5.72. The first-order valence-electron chi connectivity index (χ1n) is 7.12. The molecule has 2 atom stereocenters. The molecular weight excluding hydrogens is 210 g/mol. The van der Waals surface area contributed by atoms with Gasteiger partial charge in [-0.2, -0.15) is 0 Å². The van der Waals surface area contributed by atoms with Gasteiger partial charge in [0.1, 0.15) is 0 Å². The smallest absolute Gasteiger partial charge is 0.0951 e. The molecule has 3 nitrogen and oxygen atoms in total. The Kier molecular flexibility index (Phi) is 3.19. The Hall–Kier alpha value is -0.830. The van der Waals surface area contributed by atoms with Crippen LogP contribution in [0.2, 0.25) is 0 Å². The van der Waals surface area contributed by atoms with Gasteiger partial charge in [-0.15, -0.1) is 0 Å². The van der Waals surface area contributed by atoms with Crippen molar-refractivity contribution in [2.24, 2.45) is 0 Å². The average Bonchev–Trinajstić information content (AvgIpc) is 3.00. The Bertz CT molecular complexity index is 365. The number of nitrogens with one attached hydrogen (secondary N) is 1. The van der Waals surface area contributed by atoms with E-state index in [2.05, 4.69) is 28.0 Å². The number of piperidine rings is 1. The summed E-state index contributed by atoms with van der Waals surface area (Å²) in [6, 6.07) is 1.90. The van der Waals surface area contributed by atoms with Crippen molar-refractivity contribution in [3.63, 3.8) is 0 Å². The quantitative estimate of drug-likeness (QED) is 0.850. The van der Waals surface area contributed by atoms with Crippen LogP contribution in [0.15, 0.2) is 12.5 Å². The summed E-state index contributed by atoms with van der Waals surface area (Å²) in [5.41, 5.74) is 1.42. The van der Waals surface area contributed by atoms with Crippen LogP contribution >= 0.6 is 0 Å². The molecule has 94 valence electrons. The second kappa shape index (κ2) is 4.81. The van der Waals surface area contributed by atoms with Crippen LogP contribution in [0.3, 0.4) is 0 Å². The lowest BCUT2D eigenvalue weighted by molar-refractivity contribution is 0.322. The van der Waals surface area contributed by atoms with E-state index in [1.54, 1.807) is 0 Å². The van der Waals surface area contributed by atoms with Crippen molar-refractivity contribution in [1.82, 2.24) is 14.9 Å². The normalized spacial score (nSPS) is 30.9. The van der Waals surface area contributed by atoms with E-state index in [4.69, 9.17) is 0 Å². The molecule has 17 heavy (non-hydrogen) atoms. The number of imidazole rings is 1. The SMILES string of the molecule is CC1CCCC(c2cncn2C2CCCC2)N1. The number of hydrogen-bond donors (Lipinski definition) is 1. The highest BCUT2D eigenvalue weighted by molar-refractivity contribution is 5.09. The van der Waals surface area contributed by atoms with Gasteiger partial charge in [0.2, 0.25) is 0 Å². The van der Waals surface area contributed by atoms with Gasteiger partial charge in [-0.05, 0) is 39.0 Å². The van der Waals surface area contributed by atoms with Crippen LogP contribution in [-0.4, -0.2) is 15.6 Å². The molecule has 1 aromatic rings. The summed E-state index contributed by atoms with van der Waals surface area (Å²) in [4.78, 5) is 4.39. The Morgan fingerprint density at radius 3 is 2.76 bits per heavy atom. The summed E-state index contributed by atoms with van der Waals surface area (Å²) >= 11 is 0. The van der Waals surface area contributed by atoms with Crippen LogP contribution < -0.4 is 5.32 Å². The maximum absolute atomic E-state index is 4.39. The van der Waals surface area contributed by atoms with Crippen LogP contribution in [0.25, 0.3) is 0 Å². The minimum atomic E-state index is 0.529. The van der Waals surface area contributed by atoms with Crippen LogP contribution in [-0.2, 0) is 0 Å². The molecule has 0 spiro atoms. The molecule has 0 amide bonds. The van der Waals surface area contributed by atoms with E-state index in [-0.39, 0.29) is 0 Å². The van der Waals surface area contributed by atoms with Crippen molar-refractivity contribution in [3.8, 4) is 0 Å². The van der Waals surface area contributed by atoms with E-state index < -0.39 is 0 Å². The first-order valence-corrected chi connectivity index (χ1v) is 7.12. The molecular formula is C14H23N3. The lowest BCUT2D eigenvalue weighted by atomic mass is 9.97. The van der Waals surface area contributed by atoms with Gasteiger partial charge in [0.25, 0.3) is 0 Å². The number of rotatable bonds is 2. The molecule has 1 saturated heterocycles. The van der Waals surface area contributed by atoms with E-state index in [1.165, 1.54) is 50.6 Å². The van der Waals surface area contributed by atoms with E-state index in [1.807, 2.05) is 6.33 Å². The summed E-state index contributed by atoms with van der Waals surface area (Å²) in [7, 11) is 0. The maximum atomic E-state index is 4.39. The Morgan fingerprint density at radius 2 is 2.00 bits per heavy atom. The zero-order valence-electron chi connectivity index (χ0n) is 10.7. The largest absolute Gasteiger partial charge is 0.330 e. The topological polar surface area (TPSA) is 29.9 Å². The van der Waals surface area contributed by atoms with Gasteiger partial charge in [-0.1, -0.05) is 12.8 Å². The zero-order chi connectivity index (χ0) is 11.7. The molecule has 3 rings (SSSR count). The number of nitrogens with zero attached hydrogens (tertiary/aromatic N) is 2. The van der Waals surface area contributed by atoms with E-state index in [0.29, 0.717) is 18.1 Å². The van der Waals surface area contributed by atoms with Crippen molar-refractivity contribution in [2.45, 2.75) is 70.0 Å². The molecule has 2 aliphatic rings. The highest BCUT2D eigenvalue weighted by atomic mass is 15.1. The molecule has 0 bridgehead atoms. The zero-order valence-corrected chi connectivity index (χ0v) is 10.7. The maximum Gasteiger partial charge on any atom is 0.0951 e. The third-order valence-electron chi connectivity index (χ3n) is 4.39. The van der Waals surface area contributed by atoms with E-state index >= 15 is 0 Å². The van der Waals surface area contributed by atoms with Crippen molar-refractivity contribution in [1.29, 1.82) is 0 Å². The molecule has 2 fully saturated rings. The third-order valence-corrected chi connectivity index (χ3v) is 4.39. The summed E-state index contributed by atoms with van der Waals surface area (Å²) in [6.45, 7) is 2.29. The Balaban J connectivity index is 1.79. The van der Waals surface area contributed by atoms with Gasteiger partial charge in [0.05, 0.1) is 12.0 Å². The predicted molar refractivity (Wildman–Crippen MR) is 68.9 cm³/mol. The van der Waals surface area contributed by atoms with Gasteiger partial charge >= 0.3 is 0 Å². The van der Waals surface area contributed by atoms with Crippen molar-refractivity contribution < 1.29 is 0 Å². The molecule has 1 saturated carbocycles. The minimum absolute atomic E-state index is 0.529. The Labute approximate surface area is 104 Å². The Morgan fingerprint density at radius 1 is 1.18 bits per heavy atom. The highest BCUT2D eigenvalue weighted by Crippen LogP contribution is 2.33. The monoisotopic (exact) mass is 233 g/mol. The summed E-state index contributed by atoms with van der Waals surface area (Å²) in [5, 5.41) is 3.72. The predicted octanol–water partition coefficient (Wildman–Crippen LogP) is 3.20. The van der Waals surface area contributed by atoms with Crippen LogP contribution in [0.4, 0.5) is 0 Å². The fraction of sp³-hybridized carbons (Fsp3) is 0.786. The molecule has 1 aliphatic heterocycles. The lowest BCUT2D eigenvalue weighted by Gasteiger charge is -2.30. The second-order valence-electron chi connectivity index (χ2n) is 5.72. The van der Waals surface area contributed by atoms with Crippen LogP contribution in [0.5, 0.6) is 0 Å². The summed E-state index contributed by atoms with van der Waals surface area (Å²) in [6.07, 6.45) is 13.5. The third kappa shape index (κ3) is 2.25. The van der Waals surface area contributed by atoms with E-state index in [9.17, 15) is 0 Å². The molecule has 2 unspecified atom stereocenters. The summed E-state index contributed by atoms with van der Waals surface area (Å²) in [5.74, 6) is 0. The number of aromatic nitrogens is 2. The lowest BCUT2D eigenvalue weighted by Crippen LogP contribution is -2.35. The molecule has 1 aromatic heterocycles. The van der Waals surface area contributed by atoms with Gasteiger partial charge in [0, 0.05) is 24.3 Å². The standard InChI is InChI=1S/C14H23N3/c1-11-5-4-8-13(16-11)14-9-15-10-17(14)12-6-2-3-7-12/h9-13,16H,2-8H2,1H3. The molecule has 1 N–H and O–H groups in total.